The number of anilines is 1. The fourth-order valence-electron chi connectivity index (χ4n) is 1.34. The molecule has 2 aromatic heterocycles. The van der Waals surface area contributed by atoms with Gasteiger partial charge in [-0.25, -0.2) is 12.9 Å². The lowest BCUT2D eigenvalue weighted by atomic mass is 10.4. The number of fused-ring (bicyclic) bond motifs is 1. The zero-order valence-electron chi connectivity index (χ0n) is 7.88. The number of rotatable bonds is 2. The summed E-state index contributed by atoms with van der Waals surface area (Å²) in [5.41, 5.74) is 2.46. The summed E-state index contributed by atoms with van der Waals surface area (Å²) in [5.74, 6) is 0. The Hall–Kier alpha value is -1.60. The van der Waals surface area contributed by atoms with Crippen molar-refractivity contribution in [3.63, 3.8) is 0 Å². The van der Waals surface area contributed by atoms with Gasteiger partial charge in [0.2, 0.25) is 5.03 Å². The minimum absolute atomic E-state index is 0.0955. The van der Waals surface area contributed by atoms with E-state index in [1.165, 1.54) is 4.52 Å². The van der Waals surface area contributed by atoms with Gasteiger partial charge >= 0.3 is 0 Å². The lowest BCUT2D eigenvalue weighted by molar-refractivity contribution is 0.387. The summed E-state index contributed by atoms with van der Waals surface area (Å²) in [4.78, 5) is 0. The van der Waals surface area contributed by atoms with E-state index in [0.717, 1.165) is 6.26 Å². The predicted molar refractivity (Wildman–Crippen MR) is 53.7 cm³/mol. The van der Waals surface area contributed by atoms with Crippen LogP contribution in [0, 0.1) is 0 Å². The minimum atomic E-state index is -3.46. The highest BCUT2D eigenvalue weighted by Gasteiger charge is 2.20. The van der Waals surface area contributed by atoms with Gasteiger partial charge in [0.05, 0.1) is 5.52 Å². The van der Waals surface area contributed by atoms with Crippen LogP contribution >= 0.6 is 0 Å². The molecule has 0 bridgehead atoms. The van der Waals surface area contributed by atoms with E-state index in [9.17, 15) is 8.42 Å². The van der Waals surface area contributed by atoms with Gasteiger partial charge in [0.1, 0.15) is 5.69 Å². The molecule has 2 N–H and O–H groups in total. The van der Waals surface area contributed by atoms with Crippen molar-refractivity contribution in [2.45, 2.75) is 5.03 Å². The van der Waals surface area contributed by atoms with Crippen LogP contribution in [-0.2, 0) is 9.84 Å². The van der Waals surface area contributed by atoms with E-state index in [-0.39, 0.29) is 10.7 Å². The molecule has 7 heteroatoms. The van der Waals surface area contributed by atoms with Crippen LogP contribution in [0.3, 0.4) is 0 Å². The van der Waals surface area contributed by atoms with Gasteiger partial charge in [0, 0.05) is 12.5 Å². The quantitative estimate of drug-likeness (QED) is 0.731. The molecule has 0 amide bonds. The summed E-state index contributed by atoms with van der Waals surface area (Å²) in [6.07, 6.45) is 2.64. The standard InChI is InChI=1S/C8H9N3O3S/c1-15(13,14)8-7(10-12)6-4-2-3-5-11(6)9-8/h2-5,10,12H,1H3. The van der Waals surface area contributed by atoms with Crippen molar-refractivity contribution in [1.82, 2.24) is 9.61 Å². The van der Waals surface area contributed by atoms with Crippen molar-refractivity contribution in [3.8, 4) is 0 Å². The summed E-state index contributed by atoms with van der Waals surface area (Å²) in [6.45, 7) is 0. The Bertz CT molecular complexity index is 603. The van der Waals surface area contributed by atoms with Crippen LogP contribution in [0.1, 0.15) is 0 Å². The van der Waals surface area contributed by atoms with Crippen molar-refractivity contribution in [2.75, 3.05) is 11.7 Å². The van der Waals surface area contributed by atoms with Gasteiger partial charge in [-0.2, -0.15) is 5.10 Å². The fourth-order valence-corrected chi connectivity index (χ4v) is 2.10. The maximum atomic E-state index is 11.4. The number of nitrogens with one attached hydrogen (secondary N) is 1. The minimum Gasteiger partial charge on any atom is -0.291 e. The summed E-state index contributed by atoms with van der Waals surface area (Å²) in [7, 11) is -3.46. The van der Waals surface area contributed by atoms with E-state index in [1.807, 2.05) is 5.48 Å². The average Bonchev–Trinajstić information content (AvgIpc) is 2.55. The van der Waals surface area contributed by atoms with E-state index < -0.39 is 9.84 Å². The van der Waals surface area contributed by atoms with Crippen molar-refractivity contribution in [1.29, 1.82) is 0 Å². The van der Waals surface area contributed by atoms with Crippen molar-refractivity contribution in [2.24, 2.45) is 0 Å². The number of aromatic nitrogens is 2. The third kappa shape index (κ3) is 1.55. The predicted octanol–water partition coefficient (Wildman–Crippen LogP) is 0.539. The van der Waals surface area contributed by atoms with Crippen LogP contribution in [0.5, 0.6) is 0 Å². The Labute approximate surface area is 86.0 Å². The van der Waals surface area contributed by atoms with Gasteiger partial charge in [-0.1, -0.05) is 6.07 Å². The summed E-state index contributed by atoms with van der Waals surface area (Å²) < 4.78 is 24.1. The second-order valence-corrected chi connectivity index (χ2v) is 5.03. The van der Waals surface area contributed by atoms with E-state index in [0.29, 0.717) is 5.52 Å². The van der Waals surface area contributed by atoms with Crippen molar-refractivity contribution < 1.29 is 13.6 Å². The summed E-state index contributed by atoms with van der Waals surface area (Å²) in [6, 6.07) is 5.09. The third-order valence-electron chi connectivity index (χ3n) is 1.97. The molecule has 0 aliphatic carbocycles. The van der Waals surface area contributed by atoms with Gasteiger partial charge in [-0.05, 0) is 12.1 Å². The highest BCUT2D eigenvalue weighted by molar-refractivity contribution is 7.90. The molecule has 0 fully saturated rings. The smallest absolute Gasteiger partial charge is 0.203 e. The van der Waals surface area contributed by atoms with E-state index in [1.54, 1.807) is 24.4 Å². The molecule has 80 valence electrons. The number of nitrogens with zero attached hydrogens (tertiary/aromatic N) is 2. The first-order valence-corrected chi connectivity index (χ1v) is 6.00. The Morgan fingerprint density at radius 1 is 1.47 bits per heavy atom. The molecule has 0 saturated heterocycles. The Morgan fingerprint density at radius 2 is 2.20 bits per heavy atom. The summed E-state index contributed by atoms with van der Waals surface area (Å²) in [5, 5.41) is 12.6. The molecule has 0 radical (unpaired) electrons. The SMILES string of the molecule is CS(=O)(=O)c1nn2ccccc2c1NO. The molecule has 6 nitrogen and oxygen atoms in total. The molecular weight excluding hydrogens is 218 g/mol. The summed E-state index contributed by atoms with van der Waals surface area (Å²) >= 11 is 0. The van der Waals surface area contributed by atoms with E-state index in [2.05, 4.69) is 5.10 Å². The number of sulfone groups is 1. The third-order valence-corrected chi connectivity index (χ3v) is 2.96. The topological polar surface area (TPSA) is 83.7 Å². The Balaban J connectivity index is 2.87. The van der Waals surface area contributed by atoms with Crippen LogP contribution in [0.4, 0.5) is 5.69 Å². The average molecular weight is 227 g/mol. The molecule has 0 saturated carbocycles. The highest BCUT2D eigenvalue weighted by atomic mass is 32.2. The largest absolute Gasteiger partial charge is 0.291 e. The van der Waals surface area contributed by atoms with Crippen LogP contribution in [0.2, 0.25) is 0 Å². The molecule has 2 heterocycles. The fraction of sp³-hybridized carbons (Fsp3) is 0.125. The maximum Gasteiger partial charge on any atom is 0.203 e. The van der Waals surface area contributed by atoms with E-state index >= 15 is 0 Å². The molecule has 2 aromatic rings. The highest BCUT2D eigenvalue weighted by Crippen LogP contribution is 2.24. The molecule has 2 rings (SSSR count). The Morgan fingerprint density at radius 3 is 2.80 bits per heavy atom. The van der Waals surface area contributed by atoms with Crippen LogP contribution in [0.25, 0.3) is 5.52 Å². The van der Waals surface area contributed by atoms with Crippen LogP contribution < -0.4 is 5.48 Å². The zero-order chi connectivity index (χ0) is 11.1. The molecule has 0 spiro atoms. The van der Waals surface area contributed by atoms with Crippen molar-refractivity contribution in [3.05, 3.63) is 24.4 Å². The first-order chi connectivity index (χ1) is 7.04. The zero-order valence-corrected chi connectivity index (χ0v) is 8.69. The van der Waals surface area contributed by atoms with Gasteiger partial charge in [0.15, 0.2) is 9.84 Å². The van der Waals surface area contributed by atoms with Gasteiger partial charge < -0.3 is 0 Å². The normalized spacial score (nSPS) is 11.9. The van der Waals surface area contributed by atoms with Gasteiger partial charge in [0.25, 0.3) is 0 Å². The number of hydrogen-bond donors (Lipinski definition) is 2. The molecule has 0 atom stereocenters. The van der Waals surface area contributed by atoms with Crippen molar-refractivity contribution >= 4 is 21.0 Å². The number of pyridine rings is 1. The molecule has 0 aliphatic rings. The maximum absolute atomic E-state index is 11.4. The second kappa shape index (κ2) is 3.21. The first kappa shape index (κ1) is 9.94. The Kier molecular flexibility index (Phi) is 2.13. The molecule has 15 heavy (non-hydrogen) atoms. The monoisotopic (exact) mass is 227 g/mol. The van der Waals surface area contributed by atoms with Gasteiger partial charge in [-0.15, -0.1) is 0 Å². The van der Waals surface area contributed by atoms with Crippen LogP contribution in [-0.4, -0.2) is 29.5 Å². The molecule has 0 unspecified atom stereocenters. The lowest BCUT2D eigenvalue weighted by Crippen LogP contribution is -2.02. The molecule has 0 aromatic carbocycles. The second-order valence-electron chi connectivity index (χ2n) is 3.09. The molecular formula is C8H9N3O3S. The number of hydrogen-bond acceptors (Lipinski definition) is 5. The van der Waals surface area contributed by atoms with Gasteiger partial charge in [-0.3, -0.25) is 10.7 Å². The lowest BCUT2D eigenvalue weighted by Gasteiger charge is -1.97. The first-order valence-electron chi connectivity index (χ1n) is 4.11. The van der Waals surface area contributed by atoms with Crippen LogP contribution in [0.15, 0.2) is 29.4 Å². The molecule has 0 aliphatic heterocycles. The van der Waals surface area contributed by atoms with E-state index in [4.69, 9.17) is 5.21 Å².